The molecule has 6 nitrogen and oxygen atoms in total. The van der Waals surface area contributed by atoms with Crippen LogP contribution in [0.3, 0.4) is 0 Å². The Hall–Kier alpha value is -2.63. The Morgan fingerprint density at radius 1 is 1.27 bits per heavy atom. The lowest BCUT2D eigenvalue weighted by Crippen LogP contribution is -2.25. The maximum atomic E-state index is 11.6. The average molecular weight is 302 g/mol. The number of nitrogens with one attached hydrogen (secondary N) is 1. The SMILES string of the molecule is CCCC(=O)N[C@H](C)c1ccc(-c2ccc([N+](=O)[O-])cc2)o1. The van der Waals surface area contributed by atoms with Gasteiger partial charge in [0.05, 0.1) is 11.0 Å². The molecule has 1 N–H and O–H groups in total. The lowest BCUT2D eigenvalue weighted by atomic mass is 10.1. The molecular formula is C16H18N2O4. The third kappa shape index (κ3) is 3.72. The normalized spacial score (nSPS) is 11.9. The summed E-state index contributed by atoms with van der Waals surface area (Å²) in [6, 6.07) is 9.52. The zero-order valence-corrected chi connectivity index (χ0v) is 12.5. The molecular weight excluding hydrogens is 284 g/mol. The molecule has 1 aromatic carbocycles. The van der Waals surface area contributed by atoms with Crippen LogP contribution in [0.25, 0.3) is 11.3 Å². The van der Waals surface area contributed by atoms with Gasteiger partial charge in [0.2, 0.25) is 5.91 Å². The maximum Gasteiger partial charge on any atom is 0.269 e. The number of benzene rings is 1. The number of hydrogen-bond acceptors (Lipinski definition) is 4. The Bertz CT molecular complexity index is 661. The predicted octanol–water partition coefficient (Wildman–Crippen LogP) is 3.83. The van der Waals surface area contributed by atoms with Gasteiger partial charge in [0.25, 0.3) is 5.69 Å². The van der Waals surface area contributed by atoms with Crippen LogP contribution in [0, 0.1) is 10.1 Å². The largest absolute Gasteiger partial charge is 0.459 e. The second-order valence-electron chi connectivity index (χ2n) is 5.05. The predicted molar refractivity (Wildman–Crippen MR) is 82.3 cm³/mol. The van der Waals surface area contributed by atoms with E-state index in [-0.39, 0.29) is 17.6 Å². The third-order valence-corrected chi connectivity index (χ3v) is 3.27. The number of nitro groups is 1. The second-order valence-corrected chi connectivity index (χ2v) is 5.05. The first-order valence-corrected chi connectivity index (χ1v) is 7.15. The average Bonchev–Trinajstić information content (AvgIpc) is 2.97. The van der Waals surface area contributed by atoms with Gasteiger partial charge in [-0.15, -0.1) is 0 Å². The minimum atomic E-state index is -0.442. The number of furan rings is 1. The van der Waals surface area contributed by atoms with Gasteiger partial charge in [-0.05, 0) is 37.6 Å². The summed E-state index contributed by atoms with van der Waals surface area (Å²) in [5.41, 5.74) is 0.791. The van der Waals surface area contributed by atoms with Gasteiger partial charge in [-0.3, -0.25) is 14.9 Å². The van der Waals surface area contributed by atoms with Crippen molar-refractivity contribution in [2.75, 3.05) is 0 Å². The first-order valence-electron chi connectivity index (χ1n) is 7.15. The summed E-state index contributed by atoms with van der Waals surface area (Å²) in [7, 11) is 0. The molecule has 0 aliphatic rings. The highest BCUT2D eigenvalue weighted by Gasteiger charge is 2.14. The molecule has 0 unspecified atom stereocenters. The molecule has 0 saturated carbocycles. The third-order valence-electron chi connectivity index (χ3n) is 3.27. The Morgan fingerprint density at radius 2 is 1.95 bits per heavy atom. The molecule has 0 aliphatic heterocycles. The Kier molecular flexibility index (Phi) is 4.93. The van der Waals surface area contributed by atoms with Crippen LogP contribution < -0.4 is 5.32 Å². The highest BCUT2D eigenvalue weighted by Crippen LogP contribution is 2.26. The molecule has 1 heterocycles. The van der Waals surface area contributed by atoms with Gasteiger partial charge in [0.1, 0.15) is 11.5 Å². The van der Waals surface area contributed by atoms with Crippen molar-refractivity contribution in [2.45, 2.75) is 32.7 Å². The van der Waals surface area contributed by atoms with Crippen LogP contribution in [-0.4, -0.2) is 10.8 Å². The number of carbonyl (C=O) groups is 1. The van der Waals surface area contributed by atoms with E-state index in [1.54, 1.807) is 24.3 Å². The van der Waals surface area contributed by atoms with E-state index in [1.807, 2.05) is 13.8 Å². The van der Waals surface area contributed by atoms with Crippen LogP contribution in [0.2, 0.25) is 0 Å². The first-order chi connectivity index (χ1) is 10.5. The van der Waals surface area contributed by atoms with Gasteiger partial charge in [0, 0.05) is 24.1 Å². The molecule has 6 heteroatoms. The molecule has 2 rings (SSSR count). The molecule has 1 aromatic heterocycles. The quantitative estimate of drug-likeness (QED) is 0.649. The Labute approximate surface area is 128 Å². The van der Waals surface area contributed by atoms with E-state index >= 15 is 0 Å². The molecule has 0 spiro atoms. The number of carbonyl (C=O) groups excluding carboxylic acids is 1. The summed E-state index contributed by atoms with van der Waals surface area (Å²) in [6.07, 6.45) is 1.28. The Balaban J connectivity index is 2.10. The lowest BCUT2D eigenvalue weighted by molar-refractivity contribution is -0.384. The number of hydrogen-bond donors (Lipinski definition) is 1. The van der Waals surface area contributed by atoms with Crippen molar-refractivity contribution in [1.29, 1.82) is 0 Å². The van der Waals surface area contributed by atoms with Gasteiger partial charge in [-0.1, -0.05) is 6.92 Å². The molecule has 1 atom stereocenters. The van der Waals surface area contributed by atoms with E-state index < -0.39 is 4.92 Å². The maximum absolute atomic E-state index is 11.6. The highest BCUT2D eigenvalue weighted by atomic mass is 16.6. The molecule has 0 radical (unpaired) electrons. The van der Waals surface area contributed by atoms with Crippen molar-refractivity contribution in [3.05, 3.63) is 52.3 Å². The van der Waals surface area contributed by atoms with E-state index in [9.17, 15) is 14.9 Å². The van der Waals surface area contributed by atoms with E-state index in [2.05, 4.69) is 5.32 Å². The van der Waals surface area contributed by atoms with E-state index in [1.165, 1.54) is 12.1 Å². The molecule has 22 heavy (non-hydrogen) atoms. The van der Waals surface area contributed by atoms with E-state index in [4.69, 9.17) is 4.42 Å². The van der Waals surface area contributed by atoms with Crippen molar-refractivity contribution in [3.63, 3.8) is 0 Å². The number of non-ortho nitro benzene ring substituents is 1. The first kappa shape index (κ1) is 15.8. The summed E-state index contributed by atoms with van der Waals surface area (Å²) >= 11 is 0. The number of nitrogens with zero attached hydrogens (tertiary/aromatic N) is 1. The van der Waals surface area contributed by atoms with Crippen LogP contribution >= 0.6 is 0 Å². The molecule has 0 bridgehead atoms. The summed E-state index contributed by atoms with van der Waals surface area (Å²) in [6.45, 7) is 3.80. The molecule has 1 amide bonds. The summed E-state index contributed by atoms with van der Waals surface area (Å²) < 4.78 is 5.73. The number of amides is 1. The molecule has 116 valence electrons. The fraction of sp³-hybridized carbons (Fsp3) is 0.312. The standard InChI is InChI=1S/C16H18N2O4/c1-3-4-16(19)17-11(2)14-9-10-15(22-14)12-5-7-13(8-6-12)18(20)21/h5-11H,3-4H2,1-2H3,(H,17,19)/t11-/m1/s1. The molecule has 0 aliphatic carbocycles. The van der Waals surface area contributed by atoms with Crippen LogP contribution in [0.4, 0.5) is 5.69 Å². The topological polar surface area (TPSA) is 85.4 Å². The summed E-state index contributed by atoms with van der Waals surface area (Å²) in [5, 5.41) is 13.5. The van der Waals surface area contributed by atoms with Crippen LogP contribution in [0.5, 0.6) is 0 Å². The van der Waals surface area contributed by atoms with Gasteiger partial charge in [0.15, 0.2) is 0 Å². The number of rotatable bonds is 6. The van der Waals surface area contributed by atoms with E-state index in [0.717, 1.165) is 12.0 Å². The van der Waals surface area contributed by atoms with Crippen molar-refractivity contribution in [3.8, 4) is 11.3 Å². The van der Waals surface area contributed by atoms with E-state index in [0.29, 0.717) is 17.9 Å². The van der Waals surface area contributed by atoms with Crippen molar-refractivity contribution < 1.29 is 14.1 Å². The van der Waals surface area contributed by atoms with Crippen LogP contribution in [-0.2, 0) is 4.79 Å². The fourth-order valence-electron chi connectivity index (χ4n) is 2.10. The lowest BCUT2D eigenvalue weighted by Gasteiger charge is -2.10. The number of nitro benzene ring substituents is 1. The molecule has 0 fully saturated rings. The van der Waals surface area contributed by atoms with Crippen molar-refractivity contribution >= 4 is 11.6 Å². The molecule has 0 saturated heterocycles. The zero-order valence-electron chi connectivity index (χ0n) is 12.5. The summed E-state index contributed by atoms with van der Waals surface area (Å²) in [4.78, 5) is 21.8. The van der Waals surface area contributed by atoms with Crippen LogP contribution in [0.15, 0.2) is 40.8 Å². The van der Waals surface area contributed by atoms with Crippen molar-refractivity contribution in [1.82, 2.24) is 5.32 Å². The monoisotopic (exact) mass is 302 g/mol. The molecule has 2 aromatic rings. The van der Waals surface area contributed by atoms with Crippen molar-refractivity contribution in [2.24, 2.45) is 0 Å². The van der Waals surface area contributed by atoms with Crippen LogP contribution in [0.1, 0.15) is 38.5 Å². The van der Waals surface area contributed by atoms with Gasteiger partial charge < -0.3 is 9.73 Å². The smallest absolute Gasteiger partial charge is 0.269 e. The summed E-state index contributed by atoms with van der Waals surface area (Å²) in [5.74, 6) is 1.25. The minimum absolute atomic E-state index is 0.0108. The van der Waals surface area contributed by atoms with Gasteiger partial charge >= 0.3 is 0 Å². The van der Waals surface area contributed by atoms with Gasteiger partial charge in [-0.2, -0.15) is 0 Å². The van der Waals surface area contributed by atoms with Gasteiger partial charge in [-0.25, -0.2) is 0 Å². The second kappa shape index (κ2) is 6.89. The zero-order chi connectivity index (χ0) is 16.1. The minimum Gasteiger partial charge on any atom is -0.459 e. The Morgan fingerprint density at radius 3 is 2.55 bits per heavy atom. The fourth-order valence-corrected chi connectivity index (χ4v) is 2.10. The highest BCUT2D eigenvalue weighted by molar-refractivity contribution is 5.76.